The molecule has 0 atom stereocenters. The number of hydrogen-bond donors (Lipinski definition) is 1. The topological polar surface area (TPSA) is 38.1 Å². The first kappa shape index (κ1) is 10.9. The zero-order valence-electron chi connectivity index (χ0n) is 9.87. The van der Waals surface area contributed by atoms with Gasteiger partial charge in [0.2, 0.25) is 0 Å². The molecule has 1 heterocycles. The summed E-state index contributed by atoms with van der Waals surface area (Å²) in [5.41, 5.74) is 4.48. The fourth-order valence-corrected chi connectivity index (χ4v) is 1.70. The van der Waals surface area contributed by atoms with Gasteiger partial charge in [-0.1, -0.05) is 22.9 Å². The summed E-state index contributed by atoms with van der Waals surface area (Å²) in [6, 6.07) is 8.31. The zero-order chi connectivity index (χ0) is 11.5. The molecule has 0 aliphatic carbocycles. The van der Waals surface area contributed by atoms with Crippen LogP contribution in [0.2, 0.25) is 0 Å². The second kappa shape index (κ2) is 4.49. The maximum Gasteiger partial charge on any atom is 0.167 e. The fourth-order valence-electron chi connectivity index (χ4n) is 1.70. The minimum Gasteiger partial charge on any atom is -0.356 e. The summed E-state index contributed by atoms with van der Waals surface area (Å²) in [7, 11) is 1.90. The first-order valence-electron chi connectivity index (χ1n) is 5.38. The second-order valence-electron chi connectivity index (χ2n) is 4.03. The van der Waals surface area contributed by atoms with Gasteiger partial charge in [0.25, 0.3) is 0 Å². The number of nitrogens with zero attached hydrogens (tertiary/aromatic N) is 1. The molecular weight excluding hydrogens is 200 g/mol. The highest BCUT2D eigenvalue weighted by Gasteiger charge is 2.08. The minimum atomic E-state index is 0.731. The first-order valence-corrected chi connectivity index (χ1v) is 5.38. The standard InChI is InChI=1S/C13H16N2O/c1-9-4-5-10(2)12(6-9)13-7-11(8-14-3)15-16-13/h4-7,14H,8H2,1-3H3. The van der Waals surface area contributed by atoms with Crippen molar-refractivity contribution in [1.29, 1.82) is 0 Å². The highest BCUT2D eigenvalue weighted by atomic mass is 16.5. The largest absolute Gasteiger partial charge is 0.356 e. The van der Waals surface area contributed by atoms with E-state index in [2.05, 4.69) is 42.5 Å². The Balaban J connectivity index is 2.38. The van der Waals surface area contributed by atoms with Gasteiger partial charge in [0.1, 0.15) is 0 Å². The lowest BCUT2D eigenvalue weighted by Crippen LogP contribution is -2.04. The van der Waals surface area contributed by atoms with Crippen molar-refractivity contribution >= 4 is 0 Å². The molecule has 0 fully saturated rings. The molecule has 1 aromatic carbocycles. The molecule has 3 nitrogen and oxygen atoms in total. The van der Waals surface area contributed by atoms with Gasteiger partial charge in [0.15, 0.2) is 5.76 Å². The van der Waals surface area contributed by atoms with E-state index in [1.807, 2.05) is 13.1 Å². The average Bonchev–Trinajstić information content (AvgIpc) is 2.71. The molecular formula is C13H16N2O. The van der Waals surface area contributed by atoms with Crippen LogP contribution in [0.4, 0.5) is 0 Å². The SMILES string of the molecule is CNCc1cc(-c2cc(C)ccc2C)on1. The van der Waals surface area contributed by atoms with Gasteiger partial charge >= 0.3 is 0 Å². The van der Waals surface area contributed by atoms with Gasteiger partial charge in [-0.2, -0.15) is 0 Å². The Hall–Kier alpha value is -1.61. The van der Waals surface area contributed by atoms with Crippen molar-refractivity contribution in [3.8, 4) is 11.3 Å². The van der Waals surface area contributed by atoms with Gasteiger partial charge in [0, 0.05) is 18.2 Å². The molecule has 2 aromatic rings. The highest BCUT2D eigenvalue weighted by Crippen LogP contribution is 2.25. The minimum absolute atomic E-state index is 0.731. The molecule has 0 spiro atoms. The van der Waals surface area contributed by atoms with E-state index in [1.54, 1.807) is 0 Å². The summed E-state index contributed by atoms with van der Waals surface area (Å²) in [5, 5.41) is 7.07. The Kier molecular flexibility index (Phi) is 3.06. The van der Waals surface area contributed by atoms with E-state index in [4.69, 9.17) is 4.52 Å². The van der Waals surface area contributed by atoms with Crippen LogP contribution in [0, 0.1) is 13.8 Å². The second-order valence-corrected chi connectivity index (χ2v) is 4.03. The fraction of sp³-hybridized carbons (Fsp3) is 0.308. The lowest BCUT2D eigenvalue weighted by Gasteiger charge is -2.02. The van der Waals surface area contributed by atoms with E-state index in [0.717, 1.165) is 23.6 Å². The Morgan fingerprint density at radius 1 is 1.25 bits per heavy atom. The van der Waals surface area contributed by atoms with Crippen LogP contribution in [0.5, 0.6) is 0 Å². The molecule has 16 heavy (non-hydrogen) atoms. The maximum atomic E-state index is 5.35. The van der Waals surface area contributed by atoms with E-state index in [9.17, 15) is 0 Å². The first-order chi connectivity index (χ1) is 7.70. The van der Waals surface area contributed by atoms with Gasteiger partial charge in [-0.3, -0.25) is 0 Å². The predicted octanol–water partition coefficient (Wildman–Crippen LogP) is 2.68. The van der Waals surface area contributed by atoms with Crippen LogP contribution in [-0.2, 0) is 6.54 Å². The van der Waals surface area contributed by atoms with Crippen LogP contribution in [0.1, 0.15) is 16.8 Å². The van der Waals surface area contributed by atoms with Crippen molar-refractivity contribution in [1.82, 2.24) is 10.5 Å². The molecule has 1 aromatic heterocycles. The quantitative estimate of drug-likeness (QED) is 0.857. The van der Waals surface area contributed by atoms with Crippen molar-refractivity contribution in [3.63, 3.8) is 0 Å². The van der Waals surface area contributed by atoms with Gasteiger partial charge in [-0.15, -0.1) is 0 Å². The van der Waals surface area contributed by atoms with Crippen molar-refractivity contribution in [2.24, 2.45) is 0 Å². The third-order valence-electron chi connectivity index (χ3n) is 2.58. The van der Waals surface area contributed by atoms with Crippen molar-refractivity contribution in [2.75, 3.05) is 7.05 Å². The molecule has 0 saturated heterocycles. The number of benzene rings is 1. The third kappa shape index (κ3) is 2.14. The summed E-state index contributed by atoms with van der Waals surface area (Å²) in [6.45, 7) is 4.89. The van der Waals surface area contributed by atoms with Crippen LogP contribution in [0.3, 0.4) is 0 Å². The zero-order valence-corrected chi connectivity index (χ0v) is 9.87. The molecule has 84 valence electrons. The summed E-state index contributed by atoms with van der Waals surface area (Å²) in [5.74, 6) is 0.839. The van der Waals surface area contributed by atoms with Crippen molar-refractivity contribution < 1.29 is 4.52 Å². The number of aryl methyl sites for hydroxylation is 2. The van der Waals surface area contributed by atoms with Gasteiger partial charge in [-0.25, -0.2) is 0 Å². The van der Waals surface area contributed by atoms with E-state index in [0.29, 0.717) is 0 Å². The molecule has 0 saturated carbocycles. The molecule has 3 heteroatoms. The van der Waals surface area contributed by atoms with Crippen LogP contribution in [0.15, 0.2) is 28.8 Å². The average molecular weight is 216 g/mol. The molecule has 0 aliphatic rings. The molecule has 0 bridgehead atoms. The highest BCUT2D eigenvalue weighted by molar-refractivity contribution is 5.62. The Labute approximate surface area is 95.5 Å². The smallest absolute Gasteiger partial charge is 0.167 e. The summed E-state index contributed by atoms with van der Waals surface area (Å²) in [4.78, 5) is 0. The van der Waals surface area contributed by atoms with Gasteiger partial charge in [0.05, 0.1) is 5.69 Å². The van der Waals surface area contributed by atoms with Crippen molar-refractivity contribution in [2.45, 2.75) is 20.4 Å². The molecule has 2 rings (SSSR count). The number of nitrogens with one attached hydrogen (secondary N) is 1. The maximum absolute atomic E-state index is 5.35. The van der Waals surface area contributed by atoms with E-state index < -0.39 is 0 Å². The Morgan fingerprint density at radius 3 is 2.81 bits per heavy atom. The summed E-state index contributed by atoms with van der Waals surface area (Å²) < 4.78 is 5.35. The number of rotatable bonds is 3. The third-order valence-corrected chi connectivity index (χ3v) is 2.58. The number of hydrogen-bond acceptors (Lipinski definition) is 3. The van der Waals surface area contributed by atoms with Crippen molar-refractivity contribution in [3.05, 3.63) is 41.1 Å². The molecule has 0 amide bonds. The van der Waals surface area contributed by atoms with Gasteiger partial charge in [-0.05, 0) is 32.5 Å². The molecule has 0 aliphatic heterocycles. The van der Waals surface area contributed by atoms with E-state index in [1.165, 1.54) is 11.1 Å². The molecule has 0 unspecified atom stereocenters. The molecule has 0 radical (unpaired) electrons. The van der Waals surface area contributed by atoms with Crippen LogP contribution >= 0.6 is 0 Å². The lowest BCUT2D eigenvalue weighted by atomic mass is 10.0. The number of aromatic nitrogens is 1. The lowest BCUT2D eigenvalue weighted by molar-refractivity contribution is 0.421. The Bertz CT molecular complexity index is 488. The van der Waals surface area contributed by atoms with Crippen LogP contribution in [0.25, 0.3) is 11.3 Å². The van der Waals surface area contributed by atoms with Crippen LogP contribution in [-0.4, -0.2) is 12.2 Å². The molecule has 1 N–H and O–H groups in total. The van der Waals surface area contributed by atoms with E-state index >= 15 is 0 Å². The summed E-state index contributed by atoms with van der Waals surface area (Å²) in [6.07, 6.45) is 0. The normalized spacial score (nSPS) is 10.7. The van der Waals surface area contributed by atoms with E-state index in [-0.39, 0.29) is 0 Å². The van der Waals surface area contributed by atoms with Gasteiger partial charge < -0.3 is 9.84 Å². The van der Waals surface area contributed by atoms with Crippen LogP contribution < -0.4 is 5.32 Å². The monoisotopic (exact) mass is 216 g/mol. The Morgan fingerprint density at radius 2 is 2.06 bits per heavy atom. The summed E-state index contributed by atoms with van der Waals surface area (Å²) >= 11 is 0. The predicted molar refractivity (Wildman–Crippen MR) is 64.2 cm³/mol.